The molecule has 1 fully saturated rings. The smallest absolute Gasteiger partial charge is 0.254 e. The van der Waals surface area contributed by atoms with Crippen LogP contribution in [0.3, 0.4) is 0 Å². The Morgan fingerprint density at radius 1 is 1.48 bits per heavy atom. The van der Waals surface area contributed by atoms with Crippen molar-refractivity contribution in [1.29, 1.82) is 5.26 Å². The molecule has 0 atom stereocenters. The minimum atomic E-state index is -0.0367. The Bertz CT molecular complexity index is 519. The van der Waals surface area contributed by atoms with E-state index in [0.717, 1.165) is 12.8 Å². The summed E-state index contributed by atoms with van der Waals surface area (Å²) in [6, 6.07) is 5.59. The lowest BCUT2D eigenvalue weighted by Gasteiger charge is -2.29. The van der Waals surface area contributed by atoms with Crippen LogP contribution in [0, 0.1) is 17.2 Å². The Morgan fingerprint density at radius 3 is 2.90 bits per heavy atom. The fourth-order valence-electron chi connectivity index (χ4n) is 2.25. The largest absolute Gasteiger partial charge is 0.475 e. The first-order valence-corrected chi connectivity index (χ1v) is 7.01. The van der Waals surface area contributed by atoms with Crippen LogP contribution >= 0.6 is 0 Å². The van der Waals surface area contributed by atoms with Gasteiger partial charge in [0.1, 0.15) is 6.61 Å². The van der Waals surface area contributed by atoms with Gasteiger partial charge in [0.15, 0.2) is 0 Å². The van der Waals surface area contributed by atoms with E-state index in [1.807, 2.05) is 0 Å². The van der Waals surface area contributed by atoms with Crippen molar-refractivity contribution in [3.8, 4) is 11.9 Å². The van der Waals surface area contributed by atoms with E-state index in [2.05, 4.69) is 11.1 Å². The Labute approximate surface area is 124 Å². The Morgan fingerprint density at radius 2 is 2.24 bits per heavy atom. The summed E-state index contributed by atoms with van der Waals surface area (Å²) in [6.45, 7) is 2.12. The average Bonchev–Trinajstić information content (AvgIpc) is 2.55. The molecule has 1 aliphatic heterocycles. The minimum absolute atomic E-state index is 0.0367. The maximum Gasteiger partial charge on any atom is 0.254 e. The molecule has 1 aliphatic rings. The predicted molar refractivity (Wildman–Crippen MR) is 75.8 cm³/mol. The molecular weight excluding hydrogens is 270 g/mol. The lowest BCUT2D eigenvalue weighted by molar-refractivity contribution is 0.0706. The van der Waals surface area contributed by atoms with Crippen LogP contribution in [0.25, 0.3) is 0 Å². The second-order valence-corrected chi connectivity index (χ2v) is 4.92. The van der Waals surface area contributed by atoms with E-state index in [4.69, 9.17) is 14.7 Å². The SMILES string of the molecule is COCCOc1cc(C(=O)N2CCC(C#N)CC2)ccn1. The molecule has 0 spiro atoms. The molecule has 1 saturated heterocycles. The van der Waals surface area contributed by atoms with E-state index >= 15 is 0 Å². The van der Waals surface area contributed by atoms with Gasteiger partial charge in [-0.1, -0.05) is 0 Å². The minimum Gasteiger partial charge on any atom is -0.475 e. The number of rotatable bonds is 5. The zero-order valence-corrected chi connectivity index (χ0v) is 12.1. The molecular formula is C15H19N3O3. The fourth-order valence-corrected chi connectivity index (χ4v) is 2.25. The molecule has 0 unspecified atom stereocenters. The van der Waals surface area contributed by atoms with Gasteiger partial charge in [0, 0.05) is 43.9 Å². The monoisotopic (exact) mass is 289 g/mol. The second-order valence-electron chi connectivity index (χ2n) is 4.92. The van der Waals surface area contributed by atoms with Gasteiger partial charge in [-0.2, -0.15) is 5.26 Å². The fraction of sp³-hybridized carbons (Fsp3) is 0.533. The first-order chi connectivity index (χ1) is 10.2. The van der Waals surface area contributed by atoms with Crippen molar-refractivity contribution in [2.24, 2.45) is 5.92 Å². The van der Waals surface area contributed by atoms with Gasteiger partial charge in [-0.15, -0.1) is 0 Å². The van der Waals surface area contributed by atoms with Crippen LogP contribution < -0.4 is 4.74 Å². The Kier molecular flexibility index (Phi) is 5.52. The third kappa shape index (κ3) is 4.17. The highest BCUT2D eigenvalue weighted by atomic mass is 16.5. The van der Waals surface area contributed by atoms with E-state index < -0.39 is 0 Å². The molecule has 0 aliphatic carbocycles. The van der Waals surface area contributed by atoms with Crippen LogP contribution in [0.5, 0.6) is 5.88 Å². The van der Waals surface area contributed by atoms with Crippen LogP contribution in [0.15, 0.2) is 18.3 Å². The van der Waals surface area contributed by atoms with Gasteiger partial charge in [0.05, 0.1) is 12.7 Å². The maximum absolute atomic E-state index is 12.4. The standard InChI is InChI=1S/C15H19N3O3/c1-20-8-9-21-14-10-13(2-5-17-14)15(19)18-6-3-12(11-16)4-7-18/h2,5,10,12H,3-4,6-9H2,1H3. The number of pyridine rings is 1. The van der Waals surface area contributed by atoms with Gasteiger partial charge in [0.25, 0.3) is 5.91 Å². The highest BCUT2D eigenvalue weighted by molar-refractivity contribution is 5.94. The van der Waals surface area contributed by atoms with Crippen LogP contribution in [0.4, 0.5) is 0 Å². The summed E-state index contributed by atoms with van der Waals surface area (Å²) in [4.78, 5) is 18.3. The highest BCUT2D eigenvalue weighted by Crippen LogP contribution is 2.19. The van der Waals surface area contributed by atoms with E-state index in [1.165, 1.54) is 0 Å². The molecule has 2 heterocycles. The quantitative estimate of drug-likeness (QED) is 0.767. The first-order valence-electron chi connectivity index (χ1n) is 7.01. The molecule has 0 saturated carbocycles. The molecule has 112 valence electrons. The van der Waals surface area contributed by atoms with E-state index in [1.54, 1.807) is 30.3 Å². The molecule has 6 heteroatoms. The van der Waals surface area contributed by atoms with Crippen molar-refractivity contribution < 1.29 is 14.3 Å². The number of likely N-dealkylation sites (tertiary alicyclic amines) is 1. The topological polar surface area (TPSA) is 75.5 Å². The van der Waals surface area contributed by atoms with Gasteiger partial charge in [-0.05, 0) is 18.9 Å². The van der Waals surface area contributed by atoms with E-state index in [-0.39, 0.29) is 11.8 Å². The van der Waals surface area contributed by atoms with Gasteiger partial charge < -0.3 is 14.4 Å². The number of carbonyl (C=O) groups is 1. The molecule has 0 bridgehead atoms. The summed E-state index contributed by atoms with van der Waals surface area (Å²) < 4.78 is 10.3. The molecule has 0 aromatic carbocycles. The summed E-state index contributed by atoms with van der Waals surface area (Å²) in [5.74, 6) is 0.453. The molecule has 0 radical (unpaired) electrons. The second kappa shape index (κ2) is 7.60. The lowest BCUT2D eigenvalue weighted by Crippen LogP contribution is -2.38. The van der Waals surface area contributed by atoms with Crippen LogP contribution in [-0.2, 0) is 4.74 Å². The van der Waals surface area contributed by atoms with Crippen molar-refractivity contribution in [1.82, 2.24) is 9.88 Å². The number of amides is 1. The van der Waals surface area contributed by atoms with Crippen LogP contribution in [0.2, 0.25) is 0 Å². The number of methoxy groups -OCH3 is 1. The number of nitriles is 1. The molecule has 1 aromatic rings. The van der Waals surface area contributed by atoms with Crippen molar-refractivity contribution >= 4 is 5.91 Å². The maximum atomic E-state index is 12.4. The summed E-state index contributed by atoms with van der Waals surface area (Å²) in [7, 11) is 1.60. The first kappa shape index (κ1) is 15.3. The molecule has 21 heavy (non-hydrogen) atoms. The van der Waals surface area contributed by atoms with E-state index in [0.29, 0.717) is 37.7 Å². The average molecular weight is 289 g/mol. The predicted octanol–water partition coefficient (Wildman–Crippen LogP) is 1.48. The molecule has 0 N–H and O–H groups in total. The van der Waals surface area contributed by atoms with Crippen LogP contribution in [-0.4, -0.2) is 49.2 Å². The number of piperidine rings is 1. The molecule has 1 amide bonds. The number of nitrogens with zero attached hydrogens (tertiary/aromatic N) is 3. The van der Waals surface area contributed by atoms with Crippen molar-refractivity contribution in [3.63, 3.8) is 0 Å². The van der Waals surface area contributed by atoms with Gasteiger partial charge in [0.2, 0.25) is 5.88 Å². The third-order valence-corrected chi connectivity index (χ3v) is 3.48. The Balaban J connectivity index is 1.96. The summed E-state index contributed by atoms with van der Waals surface area (Å²) in [6.07, 6.45) is 3.05. The number of hydrogen-bond acceptors (Lipinski definition) is 5. The summed E-state index contributed by atoms with van der Waals surface area (Å²) in [5.41, 5.74) is 0.563. The van der Waals surface area contributed by atoms with E-state index in [9.17, 15) is 4.79 Å². The zero-order valence-electron chi connectivity index (χ0n) is 12.1. The van der Waals surface area contributed by atoms with Gasteiger partial charge >= 0.3 is 0 Å². The highest BCUT2D eigenvalue weighted by Gasteiger charge is 2.23. The normalized spacial score (nSPS) is 15.5. The number of aromatic nitrogens is 1. The zero-order chi connectivity index (χ0) is 15.1. The molecule has 2 rings (SSSR count). The Hall–Kier alpha value is -2.13. The molecule has 1 aromatic heterocycles. The van der Waals surface area contributed by atoms with Crippen molar-refractivity contribution in [3.05, 3.63) is 23.9 Å². The number of hydrogen-bond donors (Lipinski definition) is 0. The van der Waals surface area contributed by atoms with Crippen LogP contribution in [0.1, 0.15) is 23.2 Å². The lowest BCUT2D eigenvalue weighted by atomic mass is 9.98. The number of carbonyl (C=O) groups excluding carboxylic acids is 1. The van der Waals surface area contributed by atoms with Crippen molar-refractivity contribution in [2.45, 2.75) is 12.8 Å². The third-order valence-electron chi connectivity index (χ3n) is 3.48. The molecule has 6 nitrogen and oxygen atoms in total. The van der Waals surface area contributed by atoms with Gasteiger partial charge in [-0.25, -0.2) is 4.98 Å². The number of ether oxygens (including phenoxy) is 2. The van der Waals surface area contributed by atoms with Crippen molar-refractivity contribution in [2.75, 3.05) is 33.4 Å². The summed E-state index contributed by atoms with van der Waals surface area (Å²) in [5, 5.41) is 8.88. The van der Waals surface area contributed by atoms with Gasteiger partial charge in [-0.3, -0.25) is 4.79 Å². The summed E-state index contributed by atoms with van der Waals surface area (Å²) >= 11 is 0.